The highest BCUT2D eigenvalue weighted by Gasteiger charge is 2.31. The number of nitrogens with one attached hydrogen (secondary N) is 1. The van der Waals surface area contributed by atoms with Crippen molar-refractivity contribution in [2.75, 3.05) is 5.32 Å². The number of primary sulfonamides is 1. The molecule has 0 unspecified atom stereocenters. The molecule has 0 spiro atoms. The molecule has 0 saturated carbocycles. The predicted molar refractivity (Wildman–Crippen MR) is 62.1 cm³/mol. The van der Waals surface area contributed by atoms with Crippen molar-refractivity contribution >= 4 is 33.2 Å². The summed E-state index contributed by atoms with van der Waals surface area (Å²) in [4.78, 5) is 10.7. The number of carbonyl (C=O) groups excluding carboxylic acids is 1. The molecule has 0 aromatic heterocycles. The van der Waals surface area contributed by atoms with Gasteiger partial charge in [0, 0.05) is 0 Å². The number of amides is 1. The summed E-state index contributed by atoms with van der Waals surface area (Å²) in [5.41, 5.74) is -0.262. The van der Waals surface area contributed by atoms with Gasteiger partial charge in [0.05, 0.1) is 15.6 Å². The van der Waals surface area contributed by atoms with Crippen molar-refractivity contribution in [2.45, 2.75) is 17.5 Å². The molecule has 3 N–H and O–H groups in total. The topological polar surface area (TPSA) is 89.3 Å². The molecule has 5 nitrogen and oxygen atoms in total. The molecule has 10 heteroatoms. The summed E-state index contributed by atoms with van der Waals surface area (Å²) in [6, 6.07) is 3.05. The summed E-state index contributed by atoms with van der Waals surface area (Å²) in [7, 11) is -4.05. The van der Waals surface area contributed by atoms with Gasteiger partial charge >= 0.3 is 6.18 Å². The molecule has 0 fully saturated rings. The van der Waals surface area contributed by atoms with Crippen LogP contribution in [0.2, 0.25) is 5.02 Å². The van der Waals surface area contributed by atoms with Gasteiger partial charge in [-0.2, -0.15) is 13.2 Å². The average molecular weight is 317 g/mol. The maximum Gasteiger partial charge on any atom is 0.397 e. The lowest BCUT2D eigenvalue weighted by Gasteiger charge is -2.10. The van der Waals surface area contributed by atoms with Gasteiger partial charge in [-0.15, -0.1) is 0 Å². The van der Waals surface area contributed by atoms with Crippen molar-refractivity contribution in [2.24, 2.45) is 5.14 Å². The number of nitrogens with two attached hydrogens (primary N) is 1. The highest BCUT2D eigenvalue weighted by atomic mass is 35.5. The van der Waals surface area contributed by atoms with Gasteiger partial charge in [0.25, 0.3) is 0 Å². The monoisotopic (exact) mass is 316 g/mol. The van der Waals surface area contributed by atoms with E-state index in [1.807, 2.05) is 5.32 Å². The Balaban J connectivity index is 2.99. The number of sulfonamides is 1. The van der Waals surface area contributed by atoms with E-state index in [4.69, 9.17) is 16.7 Å². The zero-order chi connectivity index (χ0) is 14.8. The van der Waals surface area contributed by atoms with E-state index >= 15 is 0 Å². The van der Waals surface area contributed by atoms with Crippen LogP contribution in [0.3, 0.4) is 0 Å². The molecule has 0 aliphatic carbocycles. The fraction of sp³-hybridized carbons (Fsp3) is 0.222. The average Bonchev–Trinajstić information content (AvgIpc) is 2.16. The Labute approximate surface area is 111 Å². The Bertz CT molecular complexity index is 601. The van der Waals surface area contributed by atoms with Gasteiger partial charge in [-0.3, -0.25) is 4.79 Å². The summed E-state index contributed by atoms with van der Waals surface area (Å²) in [5.74, 6) is -1.36. The smallest absolute Gasteiger partial charge is 0.324 e. The predicted octanol–water partition coefficient (Wildman–Crippen LogP) is 1.88. The molecule has 19 heavy (non-hydrogen) atoms. The van der Waals surface area contributed by atoms with E-state index in [-0.39, 0.29) is 15.6 Å². The second-order valence-electron chi connectivity index (χ2n) is 3.53. The molecular formula is C9H8ClF3N2O3S. The SMILES string of the molecule is NS(=O)(=O)c1ccc(Cl)c(NC(=O)CC(F)(F)F)c1. The minimum absolute atomic E-state index is 0.108. The Morgan fingerprint density at radius 1 is 1.37 bits per heavy atom. The van der Waals surface area contributed by atoms with Crippen molar-refractivity contribution in [1.29, 1.82) is 0 Å². The van der Waals surface area contributed by atoms with Crippen LogP contribution in [0.15, 0.2) is 23.1 Å². The van der Waals surface area contributed by atoms with Crippen LogP contribution in [-0.4, -0.2) is 20.5 Å². The minimum Gasteiger partial charge on any atom is -0.324 e. The standard InChI is InChI=1S/C9H8ClF3N2O3S/c10-6-2-1-5(19(14,17)18)3-7(6)15-8(16)4-9(11,12)13/h1-3H,4H2,(H,15,16)(H2,14,17,18). The number of halogens is 4. The van der Waals surface area contributed by atoms with E-state index in [0.29, 0.717) is 0 Å². The Morgan fingerprint density at radius 3 is 2.42 bits per heavy atom. The number of carbonyl (C=O) groups is 1. The first-order valence-corrected chi connectivity index (χ1v) is 6.60. The summed E-state index contributed by atoms with van der Waals surface area (Å²) < 4.78 is 58.0. The van der Waals surface area contributed by atoms with Gasteiger partial charge in [-0.1, -0.05) is 11.6 Å². The van der Waals surface area contributed by atoms with E-state index < -0.39 is 28.5 Å². The highest BCUT2D eigenvalue weighted by molar-refractivity contribution is 7.89. The minimum atomic E-state index is -4.67. The summed E-state index contributed by atoms with van der Waals surface area (Å²) >= 11 is 5.63. The lowest BCUT2D eigenvalue weighted by atomic mass is 10.3. The largest absolute Gasteiger partial charge is 0.397 e. The molecule has 0 bridgehead atoms. The molecule has 0 atom stereocenters. The molecule has 1 aromatic carbocycles. The van der Waals surface area contributed by atoms with Gasteiger partial charge < -0.3 is 5.32 Å². The van der Waals surface area contributed by atoms with Crippen LogP contribution in [0.1, 0.15) is 6.42 Å². The van der Waals surface area contributed by atoms with E-state index in [2.05, 4.69) is 0 Å². The van der Waals surface area contributed by atoms with Gasteiger partial charge in [0.1, 0.15) is 6.42 Å². The van der Waals surface area contributed by atoms with Crippen LogP contribution in [0, 0.1) is 0 Å². The van der Waals surface area contributed by atoms with Crippen LogP contribution in [-0.2, 0) is 14.8 Å². The zero-order valence-corrected chi connectivity index (χ0v) is 10.7. The molecular weight excluding hydrogens is 309 g/mol. The zero-order valence-electron chi connectivity index (χ0n) is 9.16. The second-order valence-corrected chi connectivity index (χ2v) is 5.50. The van der Waals surface area contributed by atoms with Crippen molar-refractivity contribution in [3.05, 3.63) is 23.2 Å². The molecule has 1 aromatic rings. The van der Waals surface area contributed by atoms with Gasteiger partial charge in [0.15, 0.2) is 0 Å². The van der Waals surface area contributed by atoms with Crippen LogP contribution < -0.4 is 10.5 Å². The number of anilines is 1. The number of hydrogen-bond donors (Lipinski definition) is 2. The Morgan fingerprint density at radius 2 is 1.95 bits per heavy atom. The number of hydrogen-bond acceptors (Lipinski definition) is 3. The molecule has 0 radical (unpaired) electrons. The molecule has 106 valence electrons. The molecule has 0 heterocycles. The quantitative estimate of drug-likeness (QED) is 0.892. The Hall–Kier alpha value is -1.32. The molecule has 0 aliphatic heterocycles. The van der Waals surface area contributed by atoms with Gasteiger partial charge in [-0.25, -0.2) is 13.6 Å². The molecule has 1 amide bonds. The van der Waals surface area contributed by atoms with Crippen LogP contribution in [0.4, 0.5) is 18.9 Å². The van der Waals surface area contributed by atoms with Crippen molar-refractivity contribution < 1.29 is 26.4 Å². The van der Waals surface area contributed by atoms with Crippen molar-refractivity contribution in [3.63, 3.8) is 0 Å². The van der Waals surface area contributed by atoms with E-state index in [0.717, 1.165) is 18.2 Å². The molecule has 0 aliphatic rings. The van der Waals surface area contributed by atoms with Crippen LogP contribution in [0.5, 0.6) is 0 Å². The van der Waals surface area contributed by atoms with Crippen LogP contribution in [0.25, 0.3) is 0 Å². The third kappa shape index (κ3) is 5.05. The third-order valence-corrected chi connectivity index (χ3v) is 3.14. The first-order valence-electron chi connectivity index (χ1n) is 4.68. The maximum absolute atomic E-state index is 12.0. The number of alkyl halides is 3. The molecule has 0 saturated heterocycles. The first kappa shape index (κ1) is 15.7. The summed E-state index contributed by atoms with van der Waals surface area (Å²) in [6.45, 7) is 0. The van der Waals surface area contributed by atoms with E-state index in [1.165, 1.54) is 0 Å². The van der Waals surface area contributed by atoms with Crippen molar-refractivity contribution in [3.8, 4) is 0 Å². The third-order valence-electron chi connectivity index (χ3n) is 1.90. The fourth-order valence-corrected chi connectivity index (χ4v) is 1.86. The lowest BCUT2D eigenvalue weighted by molar-refractivity contribution is -0.150. The highest BCUT2D eigenvalue weighted by Crippen LogP contribution is 2.26. The Kier molecular flexibility index (Phi) is 4.43. The van der Waals surface area contributed by atoms with Crippen molar-refractivity contribution in [1.82, 2.24) is 0 Å². The van der Waals surface area contributed by atoms with Gasteiger partial charge in [-0.05, 0) is 18.2 Å². The number of benzene rings is 1. The number of rotatable bonds is 3. The van der Waals surface area contributed by atoms with E-state index in [1.54, 1.807) is 0 Å². The maximum atomic E-state index is 12.0. The normalized spacial score (nSPS) is 12.3. The molecule has 1 rings (SSSR count). The van der Waals surface area contributed by atoms with Gasteiger partial charge in [0.2, 0.25) is 15.9 Å². The van der Waals surface area contributed by atoms with Crippen LogP contribution >= 0.6 is 11.6 Å². The summed E-state index contributed by atoms with van der Waals surface area (Å²) in [5, 5.41) is 6.60. The second kappa shape index (κ2) is 5.35. The summed E-state index contributed by atoms with van der Waals surface area (Å²) in [6.07, 6.45) is -6.38. The fourth-order valence-electron chi connectivity index (χ4n) is 1.15. The first-order chi connectivity index (χ1) is 8.49. The lowest BCUT2D eigenvalue weighted by Crippen LogP contribution is -2.21. The van der Waals surface area contributed by atoms with E-state index in [9.17, 15) is 26.4 Å².